The highest BCUT2D eigenvalue weighted by Crippen LogP contribution is 2.34. The Hall–Kier alpha value is -3.16. The minimum Gasteiger partial charge on any atom is -0.478 e. The fourth-order valence-electron chi connectivity index (χ4n) is 3.70. The summed E-state index contributed by atoms with van der Waals surface area (Å²) in [6.07, 6.45) is 0. The Morgan fingerprint density at radius 1 is 0.941 bits per heavy atom. The third-order valence-corrected chi connectivity index (χ3v) is 6.70. The zero-order valence-electron chi connectivity index (χ0n) is 18.4. The Morgan fingerprint density at radius 3 is 2.47 bits per heavy atom. The fraction of sp³-hybridized carbons (Fsp3) is 0.111. The van der Waals surface area contributed by atoms with Gasteiger partial charge in [-0.15, -0.1) is 0 Å². The maximum absolute atomic E-state index is 13.0. The van der Waals surface area contributed by atoms with Crippen LogP contribution in [-0.4, -0.2) is 16.5 Å². The second-order valence-electron chi connectivity index (χ2n) is 8.36. The number of hydrogen-bond donors (Lipinski definition) is 1. The van der Waals surface area contributed by atoms with Crippen molar-refractivity contribution >= 4 is 65.3 Å². The number of carbonyl (C=O) groups excluding carboxylic acids is 1. The molecule has 170 valence electrons. The number of halogens is 2. The molecule has 4 aromatic carbocycles. The van der Waals surface area contributed by atoms with Crippen molar-refractivity contribution in [2.45, 2.75) is 19.4 Å². The smallest absolute Gasteiger partial charge is 0.267 e. The first kappa shape index (κ1) is 22.6. The molecule has 5 nitrogen and oxygen atoms in total. The SMILES string of the molecule is CC(C)(Oc1ccc(Br)cc1)C(=O)Nc1ccc2oc(-c3cccc4c(Br)cccc34)nc2c1. The zero-order valence-corrected chi connectivity index (χ0v) is 21.6. The van der Waals surface area contributed by atoms with E-state index >= 15 is 0 Å². The molecule has 0 radical (unpaired) electrons. The van der Waals surface area contributed by atoms with Gasteiger partial charge in [-0.05, 0) is 79.2 Å². The molecule has 34 heavy (non-hydrogen) atoms. The number of hydrogen-bond acceptors (Lipinski definition) is 4. The predicted molar refractivity (Wildman–Crippen MR) is 142 cm³/mol. The number of aromatic nitrogens is 1. The number of carbonyl (C=O) groups is 1. The molecular weight excluding hydrogens is 560 g/mol. The Bertz CT molecular complexity index is 1520. The largest absolute Gasteiger partial charge is 0.478 e. The number of anilines is 1. The number of oxazole rings is 1. The molecule has 7 heteroatoms. The van der Waals surface area contributed by atoms with Gasteiger partial charge in [-0.25, -0.2) is 4.98 Å². The van der Waals surface area contributed by atoms with Crippen molar-refractivity contribution in [1.82, 2.24) is 4.98 Å². The van der Waals surface area contributed by atoms with Crippen LogP contribution in [0.15, 0.2) is 92.2 Å². The van der Waals surface area contributed by atoms with Crippen molar-refractivity contribution in [3.63, 3.8) is 0 Å². The first-order valence-corrected chi connectivity index (χ1v) is 12.2. The lowest BCUT2D eigenvalue weighted by atomic mass is 10.0. The summed E-state index contributed by atoms with van der Waals surface area (Å²) in [6.45, 7) is 3.46. The summed E-state index contributed by atoms with van der Waals surface area (Å²) in [5.41, 5.74) is 1.75. The van der Waals surface area contributed by atoms with Gasteiger partial charge in [-0.2, -0.15) is 0 Å². The standard InChI is InChI=1S/C27H20Br2N2O3/c1-27(2,34-18-12-9-16(28)10-13-18)26(32)30-17-11-14-24-23(15-17)31-25(33-24)21-7-3-6-20-19(21)5-4-8-22(20)29/h3-15H,1-2H3,(H,30,32). The minimum absolute atomic E-state index is 0.266. The average molecular weight is 580 g/mol. The second kappa shape index (κ2) is 8.89. The van der Waals surface area contributed by atoms with Crippen LogP contribution in [0.1, 0.15) is 13.8 Å². The van der Waals surface area contributed by atoms with Crippen LogP contribution in [0.3, 0.4) is 0 Å². The van der Waals surface area contributed by atoms with E-state index in [2.05, 4.69) is 43.2 Å². The van der Waals surface area contributed by atoms with Gasteiger partial charge in [0.25, 0.3) is 5.91 Å². The Kier molecular flexibility index (Phi) is 5.91. The molecule has 0 unspecified atom stereocenters. The second-order valence-corrected chi connectivity index (χ2v) is 10.1. The molecule has 0 aliphatic heterocycles. The summed E-state index contributed by atoms with van der Waals surface area (Å²) in [5, 5.41) is 5.06. The van der Waals surface area contributed by atoms with Crippen molar-refractivity contribution in [2.75, 3.05) is 5.32 Å². The van der Waals surface area contributed by atoms with Gasteiger partial charge in [0.1, 0.15) is 11.3 Å². The third kappa shape index (κ3) is 4.45. The van der Waals surface area contributed by atoms with E-state index in [9.17, 15) is 4.79 Å². The molecule has 5 aromatic rings. The molecule has 1 heterocycles. The van der Waals surface area contributed by atoms with Gasteiger partial charge < -0.3 is 14.5 Å². The summed E-state index contributed by atoms with van der Waals surface area (Å²) in [5.74, 6) is 0.875. The summed E-state index contributed by atoms with van der Waals surface area (Å²) in [4.78, 5) is 17.7. The van der Waals surface area contributed by atoms with Crippen LogP contribution in [-0.2, 0) is 4.79 Å². The number of fused-ring (bicyclic) bond motifs is 2. The molecule has 0 saturated carbocycles. The average Bonchev–Trinajstić information content (AvgIpc) is 3.23. The van der Waals surface area contributed by atoms with Crippen molar-refractivity contribution in [1.29, 1.82) is 0 Å². The number of nitrogens with one attached hydrogen (secondary N) is 1. The van der Waals surface area contributed by atoms with Gasteiger partial charge in [0, 0.05) is 20.2 Å². The summed E-state index contributed by atoms with van der Waals surface area (Å²) >= 11 is 7.01. The molecule has 1 amide bonds. The molecule has 1 N–H and O–H groups in total. The number of rotatable bonds is 5. The Balaban J connectivity index is 1.41. The van der Waals surface area contributed by atoms with Crippen LogP contribution in [0.5, 0.6) is 5.75 Å². The summed E-state index contributed by atoms with van der Waals surface area (Å²) in [7, 11) is 0. The van der Waals surface area contributed by atoms with Crippen LogP contribution < -0.4 is 10.1 Å². The van der Waals surface area contributed by atoms with E-state index < -0.39 is 5.60 Å². The van der Waals surface area contributed by atoms with Crippen molar-refractivity contribution < 1.29 is 13.9 Å². The van der Waals surface area contributed by atoms with Gasteiger partial charge in [0.15, 0.2) is 11.2 Å². The van der Waals surface area contributed by atoms with Crippen molar-refractivity contribution in [3.05, 3.63) is 87.8 Å². The minimum atomic E-state index is -1.08. The molecule has 0 fully saturated rings. The van der Waals surface area contributed by atoms with E-state index in [0.29, 0.717) is 28.4 Å². The lowest BCUT2D eigenvalue weighted by Gasteiger charge is -2.25. The summed E-state index contributed by atoms with van der Waals surface area (Å²) in [6, 6.07) is 24.8. The first-order valence-electron chi connectivity index (χ1n) is 10.6. The van der Waals surface area contributed by atoms with Gasteiger partial charge >= 0.3 is 0 Å². The van der Waals surface area contributed by atoms with Gasteiger partial charge in [0.05, 0.1) is 0 Å². The van der Waals surface area contributed by atoms with E-state index in [1.165, 1.54) is 0 Å². The fourth-order valence-corrected chi connectivity index (χ4v) is 4.47. The number of ether oxygens (including phenoxy) is 1. The molecule has 0 aliphatic rings. The van der Waals surface area contributed by atoms with Crippen LogP contribution in [0.2, 0.25) is 0 Å². The van der Waals surface area contributed by atoms with E-state index in [1.54, 1.807) is 26.0 Å². The van der Waals surface area contributed by atoms with Crippen LogP contribution in [0, 0.1) is 0 Å². The highest BCUT2D eigenvalue weighted by molar-refractivity contribution is 9.11. The Morgan fingerprint density at radius 2 is 1.68 bits per heavy atom. The maximum atomic E-state index is 13.0. The topological polar surface area (TPSA) is 64.4 Å². The normalized spacial score (nSPS) is 11.6. The van der Waals surface area contributed by atoms with Crippen LogP contribution >= 0.6 is 31.9 Å². The molecule has 1 aromatic heterocycles. The highest BCUT2D eigenvalue weighted by Gasteiger charge is 2.30. The quantitative estimate of drug-likeness (QED) is 0.229. The van der Waals surface area contributed by atoms with Crippen molar-refractivity contribution in [3.8, 4) is 17.2 Å². The van der Waals surface area contributed by atoms with E-state index in [1.807, 2.05) is 60.7 Å². The number of nitrogens with zero attached hydrogens (tertiary/aromatic N) is 1. The molecule has 0 atom stereocenters. The van der Waals surface area contributed by atoms with Gasteiger partial charge in [0.2, 0.25) is 5.89 Å². The van der Waals surface area contributed by atoms with Gasteiger partial charge in [-0.3, -0.25) is 4.79 Å². The highest BCUT2D eigenvalue weighted by atomic mass is 79.9. The van der Waals surface area contributed by atoms with Gasteiger partial charge in [-0.1, -0.05) is 56.1 Å². The lowest BCUT2D eigenvalue weighted by molar-refractivity contribution is -0.128. The Labute approximate surface area is 213 Å². The molecule has 5 rings (SSSR count). The zero-order chi connectivity index (χ0) is 23.9. The molecule has 0 spiro atoms. The van der Waals surface area contributed by atoms with E-state index in [-0.39, 0.29) is 5.91 Å². The molecule has 0 bridgehead atoms. The third-order valence-electron chi connectivity index (χ3n) is 5.48. The van der Waals surface area contributed by atoms with Crippen molar-refractivity contribution in [2.24, 2.45) is 0 Å². The van der Waals surface area contributed by atoms with Crippen LogP contribution in [0.4, 0.5) is 5.69 Å². The number of amides is 1. The monoisotopic (exact) mass is 578 g/mol. The van der Waals surface area contributed by atoms with E-state index in [0.717, 1.165) is 25.3 Å². The first-order chi connectivity index (χ1) is 16.3. The molecular formula is C27H20Br2N2O3. The number of benzene rings is 4. The predicted octanol–water partition coefficient (Wildman–Crippen LogP) is 7.97. The molecule has 0 aliphatic carbocycles. The van der Waals surface area contributed by atoms with E-state index in [4.69, 9.17) is 14.1 Å². The van der Waals surface area contributed by atoms with Crippen LogP contribution in [0.25, 0.3) is 33.3 Å². The summed E-state index contributed by atoms with van der Waals surface area (Å²) < 4.78 is 13.9. The molecule has 0 saturated heterocycles. The lowest BCUT2D eigenvalue weighted by Crippen LogP contribution is -2.42. The maximum Gasteiger partial charge on any atom is 0.267 e.